The van der Waals surface area contributed by atoms with Crippen LogP contribution < -0.4 is 9.47 Å². The molecule has 0 saturated carbocycles. The molecule has 8 nitrogen and oxygen atoms in total. The molecule has 0 amide bonds. The first-order valence-corrected chi connectivity index (χ1v) is 10.8. The van der Waals surface area contributed by atoms with Gasteiger partial charge in [-0.1, -0.05) is 24.3 Å². The molecule has 0 aliphatic heterocycles. The molecule has 30 heavy (non-hydrogen) atoms. The van der Waals surface area contributed by atoms with E-state index in [-0.39, 0.29) is 31.1 Å². The highest BCUT2D eigenvalue weighted by atomic mass is 32.2. The number of hydrogen-bond acceptors (Lipinski definition) is 6. The minimum atomic E-state index is -3.82. The van der Waals surface area contributed by atoms with Crippen LogP contribution in [0.3, 0.4) is 0 Å². The third kappa shape index (κ3) is 5.18. The van der Waals surface area contributed by atoms with E-state index in [2.05, 4.69) is 5.10 Å². The van der Waals surface area contributed by atoms with Crippen LogP contribution in [0.2, 0.25) is 0 Å². The second kappa shape index (κ2) is 9.75. The van der Waals surface area contributed by atoms with Gasteiger partial charge in [-0.25, -0.2) is 8.42 Å². The molecular weight excluding hydrogens is 406 g/mol. The molecule has 0 spiro atoms. The molecule has 0 atom stereocenters. The van der Waals surface area contributed by atoms with Crippen LogP contribution in [-0.4, -0.2) is 48.4 Å². The van der Waals surface area contributed by atoms with Crippen LogP contribution in [0.5, 0.6) is 11.5 Å². The molecule has 160 valence electrons. The minimum absolute atomic E-state index is 0.0815. The number of methoxy groups -OCH3 is 2. The maximum Gasteiger partial charge on any atom is 0.246 e. The van der Waals surface area contributed by atoms with Gasteiger partial charge in [0.25, 0.3) is 0 Å². The normalized spacial score (nSPS) is 11.6. The maximum absolute atomic E-state index is 13.4. The van der Waals surface area contributed by atoms with Gasteiger partial charge >= 0.3 is 0 Å². The van der Waals surface area contributed by atoms with Crippen molar-refractivity contribution in [2.24, 2.45) is 0 Å². The lowest BCUT2D eigenvalue weighted by atomic mass is 10.2. The monoisotopic (exact) mass is 431 g/mol. The van der Waals surface area contributed by atoms with Gasteiger partial charge < -0.3 is 14.6 Å². The highest BCUT2D eigenvalue weighted by Crippen LogP contribution is 2.23. The van der Waals surface area contributed by atoms with Crippen molar-refractivity contribution in [2.75, 3.05) is 20.8 Å². The summed E-state index contributed by atoms with van der Waals surface area (Å²) in [6.07, 6.45) is 2.74. The SMILES string of the molecule is COc1ccc(CN(Cc2ccc(OC)cc2)S(=O)(=O)c2cnn(CCO)c2)cc1. The van der Waals surface area contributed by atoms with E-state index >= 15 is 0 Å². The van der Waals surface area contributed by atoms with Crippen molar-refractivity contribution < 1.29 is 23.0 Å². The molecule has 0 aliphatic carbocycles. The second-order valence-electron chi connectivity index (χ2n) is 6.63. The molecule has 0 bridgehead atoms. The summed E-state index contributed by atoms with van der Waals surface area (Å²) in [4.78, 5) is 0.0815. The molecular formula is C21H25N3O5S. The van der Waals surface area contributed by atoms with E-state index < -0.39 is 10.0 Å². The Balaban J connectivity index is 1.91. The second-order valence-corrected chi connectivity index (χ2v) is 8.57. The molecule has 0 aliphatic rings. The molecule has 3 rings (SSSR count). The van der Waals surface area contributed by atoms with Gasteiger partial charge in [-0.05, 0) is 35.4 Å². The third-order valence-corrected chi connectivity index (χ3v) is 6.36. The molecule has 1 N–H and O–H groups in total. The first kappa shape index (κ1) is 21.8. The zero-order valence-electron chi connectivity index (χ0n) is 16.9. The van der Waals surface area contributed by atoms with Crippen molar-refractivity contribution in [3.63, 3.8) is 0 Å². The maximum atomic E-state index is 13.4. The molecule has 9 heteroatoms. The van der Waals surface area contributed by atoms with E-state index in [1.165, 1.54) is 21.4 Å². The summed E-state index contributed by atoms with van der Waals surface area (Å²) in [5, 5.41) is 13.1. The Morgan fingerprint density at radius 1 is 0.933 bits per heavy atom. The number of hydrogen-bond donors (Lipinski definition) is 1. The van der Waals surface area contributed by atoms with Gasteiger partial charge in [0.05, 0.1) is 33.6 Å². The van der Waals surface area contributed by atoms with Crippen molar-refractivity contribution in [1.29, 1.82) is 0 Å². The highest BCUT2D eigenvalue weighted by molar-refractivity contribution is 7.89. The van der Waals surface area contributed by atoms with Crippen molar-refractivity contribution in [1.82, 2.24) is 14.1 Å². The first-order valence-electron chi connectivity index (χ1n) is 9.35. The zero-order chi connectivity index (χ0) is 21.6. The van der Waals surface area contributed by atoms with E-state index in [4.69, 9.17) is 14.6 Å². The van der Waals surface area contributed by atoms with Crippen LogP contribution in [0.4, 0.5) is 0 Å². The summed E-state index contributed by atoms with van der Waals surface area (Å²) in [6.45, 7) is 0.474. The lowest BCUT2D eigenvalue weighted by molar-refractivity contribution is 0.269. The van der Waals surface area contributed by atoms with Gasteiger partial charge in [-0.3, -0.25) is 4.68 Å². The predicted molar refractivity (Wildman–Crippen MR) is 112 cm³/mol. The molecule has 1 heterocycles. The molecule has 3 aromatic rings. The number of benzene rings is 2. The summed E-state index contributed by atoms with van der Waals surface area (Å²) in [6, 6.07) is 14.5. The van der Waals surface area contributed by atoms with Crippen LogP contribution in [-0.2, 0) is 29.7 Å². The topological polar surface area (TPSA) is 93.9 Å². The average molecular weight is 432 g/mol. The number of aliphatic hydroxyl groups excluding tert-OH is 1. The quantitative estimate of drug-likeness (QED) is 0.529. The Labute approximate surface area is 176 Å². The molecule has 0 radical (unpaired) electrons. The van der Waals surface area contributed by atoms with Crippen LogP contribution in [0, 0.1) is 0 Å². The molecule has 0 saturated heterocycles. The number of ether oxygens (including phenoxy) is 2. The van der Waals surface area contributed by atoms with Crippen molar-refractivity contribution in [2.45, 2.75) is 24.5 Å². The van der Waals surface area contributed by atoms with E-state index in [0.717, 1.165) is 11.1 Å². The Hall–Kier alpha value is -2.88. The Kier molecular flexibility index (Phi) is 7.09. The standard InChI is InChI=1S/C21H25N3O5S/c1-28-19-7-3-17(4-8-19)14-24(15-18-5-9-20(29-2)10-6-18)30(26,27)21-13-22-23(16-21)11-12-25/h3-10,13,16,25H,11-12,14-15H2,1-2H3. The Morgan fingerprint density at radius 2 is 1.43 bits per heavy atom. The lowest BCUT2D eigenvalue weighted by Crippen LogP contribution is -2.30. The summed E-state index contributed by atoms with van der Waals surface area (Å²) in [7, 11) is -0.655. The largest absolute Gasteiger partial charge is 0.497 e. The number of rotatable bonds is 10. The minimum Gasteiger partial charge on any atom is -0.497 e. The van der Waals surface area contributed by atoms with Gasteiger partial charge in [0, 0.05) is 19.3 Å². The Morgan fingerprint density at radius 3 is 1.87 bits per heavy atom. The molecule has 0 fully saturated rings. The van der Waals surface area contributed by atoms with Gasteiger partial charge in [0.15, 0.2) is 0 Å². The van der Waals surface area contributed by atoms with Crippen molar-refractivity contribution >= 4 is 10.0 Å². The molecule has 2 aromatic carbocycles. The van der Waals surface area contributed by atoms with Gasteiger partial charge in [-0.15, -0.1) is 0 Å². The van der Waals surface area contributed by atoms with Gasteiger partial charge in [0.1, 0.15) is 16.4 Å². The Bertz CT molecular complexity index is 998. The fraction of sp³-hybridized carbons (Fsp3) is 0.286. The fourth-order valence-electron chi connectivity index (χ4n) is 2.95. The summed E-state index contributed by atoms with van der Waals surface area (Å²) in [5.74, 6) is 1.40. The lowest BCUT2D eigenvalue weighted by Gasteiger charge is -2.22. The van der Waals surface area contributed by atoms with E-state index in [1.807, 2.05) is 24.3 Å². The number of nitrogens with zero attached hydrogens (tertiary/aromatic N) is 3. The smallest absolute Gasteiger partial charge is 0.246 e. The molecule has 0 unspecified atom stereocenters. The van der Waals surface area contributed by atoms with Crippen molar-refractivity contribution in [3.8, 4) is 11.5 Å². The number of aliphatic hydroxyl groups is 1. The molecule has 1 aromatic heterocycles. The van der Waals surface area contributed by atoms with Gasteiger partial charge in [-0.2, -0.15) is 9.40 Å². The van der Waals surface area contributed by atoms with Gasteiger partial charge in [0.2, 0.25) is 10.0 Å². The van der Waals surface area contributed by atoms with Crippen LogP contribution in [0.1, 0.15) is 11.1 Å². The van der Waals surface area contributed by atoms with E-state index in [0.29, 0.717) is 11.5 Å². The summed E-state index contributed by atoms with van der Waals surface area (Å²) >= 11 is 0. The number of sulfonamides is 1. The van der Waals surface area contributed by atoms with Crippen LogP contribution in [0.25, 0.3) is 0 Å². The number of aromatic nitrogens is 2. The predicted octanol–water partition coefficient (Wildman–Crippen LogP) is 2.28. The average Bonchev–Trinajstić information content (AvgIpc) is 3.24. The zero-order valence-corrected chi connectivity index (χ0v) is 17.7. The van der Waals surface area contributed by atoms with E-state index in [9.17, 15) is 8.42 Å². The highest BCUT2D eigenvalue weighted by Gasteiger charge is 2.26. The fourth-order valence-corrected chi connectivity index (χ4v) is 4.32. The first-order chi connectivity index (χ1) is 14.5. The third-order valence-electron chi connectivity index (χ3n) is 4.61. The van der Waals surface area contributed by atoms with Crippen LogP contribution in [0.15, 0.2) is 65.8 Å². The van der Waals surface area contributed by atoms with Crippen LogP contribution >= 0.6 is 0 Å². The summed E-state index contributed by atoms with van der Waals surface area (Å²) < 4.78 is 39.9. The summed E-state index contributed by atoms with van der Waals surface area (Å²) in [5.41, 5.74) is 1.66. The van der Waals surface area contributed by atoms with E-state index in [1.54, 1.807) is 38.5 Å². The van der Waals surface area contributed by atoms with Crippen molar-refractivity contribution in [3.05, 3.63) is 72.1 Å².